The lowest BCUT2D eigenvalue weighted by Gasteiger charge is -2.14. The molecule has 0 aliphatic heterocycles. The molecule has 1 aromatic rings. The lowest BCUT2D eigenvalue weighted by atomic mass is 10.2. The van der Waals surface area contributed by atoms with Gasteiger partial charge in [-0.25, -0.2) is 10.8 Å². The number of anilines is 1. The van der Waals surface area contributed by atoms with E-state index in [1.165, 1.54) is 5.56 Å². The van der Waals surface area contributed by atoms with Crippen LogP contribution in [0.25, 0.3) is 0 Å². The number of thioether (sulfide) groups is 1. The van der Waals surface area contributed by atoms with Crippen molar-refractivity contribution in [3.05, 3.63) is 23.9 Å². The first kappa shape index (κ1) is 12.3. The second kappa shape index (κ2) is 5.98. The molecule has 0 amide bonds. The normalized spacial score (nSPS) is 12.9. The average molecular weight is 225 g/mol. The van der Waals surface area contributed by atoms with Gasteiger partial charge in [0.15, 0.2) is 0 Å². The lowest BCUT2D eigenvalue weighted by Crippen LogP contribution is -2.08. The van der Waals surface area contributed by atoms with Gasteiger partial charge in [0.1, 0.15) is 5.82 Å². The average Bonchev–Trinajstić information content (AvgIpc) is 2.26. The van der Waals surface area contributed by atoms with Gasteiger partial charge in [-0.05, 0) is 17.5 Å². The molecule has 0 spiro atoms. The fourth-order valence-corrected chi connectivity index (χ4v) is 2.03. The Bertz CT molecular complexity index is 284. The smallest absolute Gasteiger partial charge is 0.139 e. The number of hydrogen-bond acceptors (Lipinski definition) is 4. The molecule has 1 heterocycles. The van der Waals surface area contributed by atoms with E-state index in [1.807, 2.05) is 24.0 Å². The largest absolute Gasteiger partial charge is 0.308 e. The first-order valence-electron chi connectivity index (χ1n) is 5.16. The third-order valence-electron chi connectivity index (χ3n) is 2.42. The number of pyridine rings is 1. The van der Waals surface area contributed by atoms with Crippen LogP contribution in [0.15, 0.2) is 18.3 Å². The fraction of sp³-hybridized carbons (Fsp3) is 0.545. The molecule has 1 rings (SSSR count). The molecule has 1 unspecified atom stereocenters. The topological polar surface area (TPSA) is 50.9 Å². The summed E-state index contributed by atoms with van der Waals surface area (Å²) in [5, 5.41) is 0.678. The second-order valence-corrected chi connectivity index (χ2v) is 5.32. The van der Waals surface area contributed by atoms with E-state index in [9.17, 15) is 0 Å². The summed E-state index contributed by atoms with van der Waals surface area (Å²) in [7, 11) is 0. The lowest BCUT2D eigenvalue weighted by molar-refractivity contribution is 0.642. The van der Waals surface area contributed by atoms with Gasteiger partial charge in [-0.15, -0.1) is 0 Å². The van der Waals surface area contributed by atoms with Crippen molar-refractivity contribution in [3.63, 3.8) is 0 Å². The molecule has 0 radical (unpaired) electrons. The highest BCUT2D eigenvalue weighted by molar-refractivity contribution is 7.99. The van der Waals surface area contributed by atoms with E-state index < -0.39 is 0 Å². The number of rotatable bonds is 5. The fourth-order valence-electron chi connectivity index (χ4n) is 1.02. The van der Waals surface area contributed by atoms with E-state index in [1.54, 1.807) is 0 Å². The van der Waals surface area contributed by atoms with Gasteiger partial charge in [-0.3, -0.25) is 0 Å². The molecule has 0 fully saturated rings. The zero-order chi connectivity index (χ0) is 11.3. The number of aromatic nitrogens is 1. The molecule has 4 heteroatoms. The molecular formula is C11H19N3S. The highest BCUT2D eigenvalue weighted by atomic mass is 32.2. The molecule has 1 aromatic heterocycles. The van der Waals surface area contributed by atoms with Gasteiger partial charge in [0, 0.05) is 17.2 Å². The van der Waals surface area contributed by atoms with Gasteiger partial charge in [0.05, 0.1) is 0 Å². The van der Waals surface area contributed by atoms with E-state index in [0.717, 1.165) is 5.75 Å². The minimum Gasteiger partial charge on any atom is -0.308 e. The molecule has 0 aliphatic rings. The maximum absolute atomic E-state index is 5.24. The minimum absolute atomic E-state index is 0.678. The predicted molar refractivity (Wildman–Crippen MR) is 67.6 cm³/mol. The third-order valence-corrected chi connectivity index (χ3v) is 3.99. The van der Waals surface area contributed by atoms with Crippen molar-refractivity contribution in [2.45, 2.75) is 31.8 Å². The molecule has 3 N–H and O–H groups in total. The predicted octanol–water partition coefficient (Wildman–Crippen LogP) is 2.64. The van der Waals surface area contributed by atoms with Crippen molar-refractivity contribution < 1.29 is 0 Å². The Morgan fingerprint density at radius 1 is 1.40 bits per heavy atom. The van der Waals surface area contributed by atoms with Crippen LogP contribution in [0.2, 0.25) is 0 Å². The van der Waals surface area contributed by atoms with Gasteiger partial charge in [-0.1, -0.05) is 26.8 Å². The minimum atomic E-state index is 0.678. The van der Waals surface area contributed by atoms with Crippen LogP contribution in [-0.2, 0) is 5.75 Å². The Labute approximate surface area is 95.8 Å². The molecule has 0 bridgehead atoms. The second-order valence-electron chi connectivity index (χ2n) is 3.96. The molecule has 0 aliphatic carbocycles. The van der Waals surface area contributed by atoms with Crippen LogP contribution in [-0.4, -0.2) is 10.2 Å². The van der Waals surface area contributed by atoms with E-state index >= 15 is 0 Å². The molecule has 0 aromatic carbocycles. The summed E-state index contributed by atoms with van der Waals surface area (Å²) >= 11 is 1.96. The number of nitrogens with one attached hydrogen (secondary N) is 1. The number of nitrogens with zero attached hydrogens (tertiary/aromatic N) is 1. The Kier molecular flexibility index (Phi) is 4.91. The van der Waals surface area contributed by atoms with Crippen LogP contribution >= 0.6 is 11.8 Å². The maximum atomic E-state index is 5.24. The maximum Gasteiger partial charge on any atom is 0.139 e. The summed E-state index contributed by atoms with van der Waals surface area (Å²) in [5.74, 6) is 7.68. The zero-order valence-corrected chi connectivity index (χ0v) is 10.3. The summed E-state index contributed by atoms with van der Waals surface area (Å²) in [6.45, 7) is 6.76. The van der Waals surface area contributed by atoms with Crippen molar-refractivity contribution in [1.29, 1.82) is 0 Å². The number of hydrogen-bond donors (Lipinski definition) is 2. The summed E-state index contributed by atoms with van der Waals surface area (Å²) in [6.07, 6.45) is 1.87. The van der Waals surface area contributed by atoms with Crippen molar-refractivity contribution >= 4 is 17.6 Å². The summed E-state index contributed by atoms with van der Waals surface area (Å²) < 4.78 is 0. The van der Waals surface area contributed by atoms with Crippen molar-refractivity contribution in [3.8, 4) is 0 Å². The van der Waals surface area contributed by atoms with Gasteiger partial charge in [-0.2, -0.15) is 11.8 Å². The van der Waals surface area contributed by atoms with Crippen LogP contribution in [0, 0.1) is 5.92 Å². The summed E-state index contributed by atoms with van der Waals surface area (Å²) in [5.41, 5.74) is 3.76. The molecule has 0 saturated carbocycles. The number of nitrogen functional groups attached to an aromatic ring is 1. The third kappa shape index (κ3) is 4.10. The van der Waals surface area contributed by atoms with E-state index in [4.69, 9.17) is 5.84 Å². The quantitative estimate of drug-likeness (QED) is 0.597. The number of nitrogens with two attached hydrogens (primary N) is 1. The van der Waals surface area contributed by atoms with Crippen molar-refractivity contribution in [1.82, 2.24) is 4.98 Å². The van der Waals surface area contributed by atoms with Gasteiger partial charge >= 0.3 is 0 Å². The molecule has 84 valence electrons. The van der Waals surface area contributed by atoms with Crippen LogP contribution in [0.3, 0.4) is 0 Å². The van der Waals surface area contributed by atoms with Crippen molar-refractivity contribution in [2.24, 2.45) is 11.8 Å². The Balaban J connectivity index is 2.44. The summed E-state index contributed by atoms with van der Waals surface area (Å²) in [6, 6.07) is 3.96. The Morgan fingerprint density at radius 3 is 2.60 bits per heavy atom. The first-order valence-corrected chi connectivity index (χ1v) is 6.21. The standard InChI is InChI=1S/C11H19N3S/c1-8(2)9(3)15-7-10-4-5-11(14-12)13-6-10/h4-6,8-9H,7,12H2,1-3H3,(H,13,14). The number of hydrazine groups is 1. The van der Waals surface area contributed by atoms with E-state index in [0.29, 0.717) is 17.0 Å². The molecule has 1 atom stereocenters. The SMILES string of the molecule is CC(C)C(C)SCc1ccc(NN)nc1. The molecule has 3 nitrogen and oxygen atoms in total. The zero-order valence-electron chi connectivity index (χ0n) is 9.53. The van der Waals surface area contributed by atoms with Crippen LogP contribution in [0.4, 0.5) is 5.82 Å². The highest BCUT2D eigenvalue weighted by Crippen LogP contribution is 2.22. The van der Waals surface area contributed by atoms with Gasteiger partial charge in [0.25, 0.3) is 0 Å². The van der Waals surface area contributed by atoms with Gasteiger partial charge < -0.3 is 5.43 Å². The first-order chi connectivity index (χ1) is 7.13. The van der Waals surface area contributed by atoms with E-state index in [2.05, 4.69) is 37.2 Å². The van der Waals surface area contributed by atoms with Crippen molar-refractivity contribution in [2.75, 3.05) is 5.43 Å². The highest BCUT2D eigenvalue weighted by Gasteiger charge is 2.07. The Hall–Kier alpha value is -0.740. The monoisotopic (exact) mass is 225 g/mol. The Morgan fingerprint density at radius 2 is 2.13 bits per heavy atom. The molecule has 15 heavy (non-hydrogen) atoms. The van der Waals surface area contributed by atoms with Crippen LogP contribution in [0.1, 0.15) is 26.3 Å². The van der Waals surface area contributed by atoms with Crippen LogP contribution < -0.4 is 11.3 Å². The van der Waals surface area contributed by atoms with Gasteiger partial charge in [0.2, 0.25) is 0 Å². The van der Waals surface area contributed by atoms with Crippen LogP contribution in [0.5, 0.6) is 0 Å². The molecule has 0 saturated heterocycles. The summed E-state index contributed by atoms with van der Waals surface area (Å²) in [4.78, 5) is 4.17. The van der Waals surface area contributed by atoms with E-state index in [-0.39, 0.29) is 0 Å². The molecular weight excluding hydrogens is 206 g/mol.